The van der Waals surface area contributed by atoms with Crippen LogP contribution >= 0.6 is 0 Å². The molecule has 0 unspecified atom stereocenters. The van der Waals surface area contributed by atoms with Crippen molar-refractivity contribution in [1.29, 1.82) is 0 Å². The molecule has 0 saturated carbocycles. The van der Waals surface area contributed by atoms with Crippen LogP contribution in [0, 0.1) is 6.92 Å². The molecule has 0 aromatic heterocycles. The smallest absolute Gasteiger partial charge is 0.433 e. The Hall–Kier alpha value is -3.03. The van der Waals surface area contributed by atoms with Gasteiger partial charge in [0.25, 0.3) is 0 Å². The molecule has 8 heteroatoms. The lowest BCUT2D eigenvalue weighted by Gasteiger charge is -2.13. The minimum atomic E-state index is -4.53. The van der Waals surface area contributed by atoms with Crippen molar-refractivity contribution in [3.8, 4) is 17.1 Å². The molecule has 27 heavy (non-hydrogen) atoms. The minimum Gasteiger partial charge on any atom is -0.492 e. The number of pyridine rings is 1. The first-order valence-electron chi connectivity index (χ1n) is 8.32. The van der Waals surface area contributed by atoms with Crippen molar-refractivity contribution in [3.05, 3.63) is 59.9 Å². The molecule has 0 aliphatic carbocycles. The van der Waals surface area contributed by atoms with E-state index >= 15 is 0 Å². The number of halogens is 3. The van der Waals surface area contributed by atoms with E-state index in [4.69, 9.17) is 4.74 Å². The number of fused-ring (bicyclic) bond motifs is 1. The van der Waals surface area contributed by atoms with Crippen LogP contribution in [0.4, 0.5) is 13.2 Å². The molecule has 3 rings (SSSR count). The molecule has 1 aromatic carbocycles. The number of nitrogens with zero attached hydrogens (tertiary/aromatic N) is 2. The quantitative estimate of drug-likeness (QED) is 0.669. The molecule has 142 valence electrons. The molecule has 0 spiro atoms. The first-order valence-corrected chi connectivity index (χ1v) is 8.32. The number of rotatable bonds is 6. The van der Waals surface area contributed by atoms with Gasteiger partial charge >= 0.3 is 6.18 Å². The number of benzene rings is 1. The Morgan fingerprint density at radius 2 is 1.96 bits per heavy atom. The minimum absolute atomic E-state index is 0.127. The highest BCUT2D eigenvalue weighted by atomic mass is 19.4. The third-order valence-corrected chi connectivity index (χ3v) is 3.83. The van der Waals surface area contributed by atoms with E-state index in [2.05, 4.69) is 10.3 Å². The van der Waals surface area contributed by atoms with Gasteiger partial charge in [-0.25, -0.2) is 4.98 Å². The number of hydrogen-bond acceptors (Lipinski definition) is 3. The fraction of sp³-hybridized carbons (Fsp3) is 0.263. The highest BCUT2D eigenvalue weighted by molar-refractivity contribution is 5.76. The van der Waals surface area contributed by atoms with Crippen molar-refractivity contribution >= 4 is 5.91 Å². The number of amides is 1. The Kier molecular flexibility index (Phi) is 5.34. The Labute approximate surface area is 154 Å². The Bertz CT molecular complexity index is 891. The first kappa shape index (κ1) is 18.8. The summed E-state index contributed by atoms with van der Waals surface area (Å²) < 4.78 is 45.6. The molecular formula is C19H18F3N3O2. The number of ether oxygens (including phenoxy) is 1. The standard InChI is InChI=1S/C19H18F3N3O2/c1-13-9-14-10-16(19(20,21)22)24-18(14)25(11-13)12-17(26)23-7-8-27-15-5-3-2-4-6-15/h2-6,9-11H,7-8,12H2,1H3,(H,23,26). The second-order valence-corrected chi connectivity index (χ2v) is 6.07. The number of aryl methyl sites for hydroxylation is 1. The average Bonchev–Trinajstić information content (AvgIpc) is 3.04. The average molecular weight is 377 g/mol. The first-order chi connectivity index (χ1) is 12.8. The van der Waals surface area contributed by atoms with Crippen molar-refractivity contribution in [2.24, 2.45) is 0 Å². The van der Waals surface area contributed by atoms with Gasteiger partial charge in [-0.3, -0.25) is 4.79 Å². The number of carbonyl (C=O) groups excluding carboxylic acids is 1. The lowest BCUT2D eigenvalue weighted by molar-refractivity contribution is -0.140. The van der Waals surface area contributed by atoms with Gasteiger partial charge in [0, 0.05) is 11.8 Å². The van der Waals surface area contributed by atoms with Gasteiger partial charge in [0.1, 0.15) is 30.4 Å². The predicted octanol–water partition coefficient (Wildman–Crippen LogP) is 3.51. The van der Waals surface area contributed by atoms with Crippen molar-refractivity contribution in [1.82, 2.24) is 14.9 Å². The van der Waals surface area contributed by atoms with Gasteiger partial charge in [0.15, 0.2) is 0 Å². The van der Waals surface area contributed by atoms with Crippen LogP contribution in [0.2, 0.25) is 0 Å². The molecule has 5 nitrogen and oxygen atoms in total. The summed E-state index contributed by atoms with van der Waals surface area (Å²) in [5.74, 6) is 0.492. The van der Waals surface area contributed by atoms with Gasteiger partial charge in [-0.2, -0.15) is 13.2 Å². The molecule has 0 bridgehead atoms. The fourth-order valence-electron chi connectivity index (χ4n) is 2.70. The fourth-order valence-corrected chi connectivity index (χ4v) is 2.70. The molecule has 2 heterocycles. The summed E-state index contributed by atoms with van der Waals surface area (Å²) in [5, 5.41) is 2.69. The van der Waals surface area contributed by atoms with Crippen LogP contribution in [-0.4, -0.2) is 28.6 Å². The van der Waals surface area contributed by atoms with Gasteiger partial charge in [-0.1, -0.05) is 18.2 Å². The van der Waals surface area contributed by atoms with Crippen LogP contribution in [-0.2, 0) is 17.5 Å². The Morgan fingerprint density at radius 1 is 1.22 bits per heavy atom. The highest BCUT2D eigenvalue weighted by Crippen LogP contribution is 2.34. The summed E-state index contributed by atoms with van der Waals surface area (Å²) in [6.07, 6.45) is -2.92. The second kappa shape index (κ2) is 7.69. The van der Waals surface area contributed by atoms with Crippen molar-refractivity contribution in [2.75, 3.05) is 13.2 Å². The topological polar surface area (TPSA) is 56.2 Å². The van der Waals surface area contributed by atoms with E-state index in [0.717, 1.165) is 11.6 Å². The van der Waals surface area contributed by atoms with Crippen LogP contribution in [0.25, 0.3) is 11.4 Å². The number of carbonyl (C=O) groups is 1. The van der Waals surface area contributed by atoms with E-state index in [1.54, 1.807) is 31.3 Å². The molecule has 2 aliphatic heterocycles. The number of alkyl halides is 3. The maximum atomic E-state index is 12.9. The second-order valence-electron chi connectivity index (χ2n) is 6.07. The van der Waals surface area contributed by atoms with Crippen LogP contribution in [0.1, 0.15) is 11.3 Å². The van der Waals surface area contributed by atoms with Gasteiger partial charge in [-0.15, -0.1) is 0 Å². The number of aromatic nitrogens is 2. The summed E-state index contributed by atoms with van der Waals surface area (Å²) in [6.45, 7) is 2.20. The lowest BCUT2D eigenvalue weighted by Crippen LogP contribution is -2.31. The molecule has 0 fully saturated rings. The molecule has 0 saturated heterocycles. The molecular weight excluding hydrogens is 359 g/mol. The summed E-state index contributed by atoms with van der Waals surface area (Å²) in [6, 6.07) is 11.8. The molecule has 0 radical (unpaired) electrons. The third kappa shape index (κ3) is 4.78. The number of para-hydroxylation sites is 1. The van der Waals surface area contributed by atoms with Crippen molar-refractivity contribution in [2.45, 2.75) is 19.6 Å². The zero-order valence-electron chi connectivity index (χ0n) is 14.6. The predicted molar refractivity (Wildman–Crippen MR) is 93.5 cm³/mol. The molecule has 1 amide bonds. The maximum Gasteiger partial charge on any atom is 0.433 e. The monoisotopic (exact) mass is 377 g/mol. The molecule has 2 aliphatic rings. The van der Waals surface area contributed by atoms with Crippen LogP contribution in [0.3, 0.4) is 0 Å². The zero-order valence-corrected chi connectivity index (χ0v) is 14.6. The Morgan fingerprint density at radius 3 is 2.67 bits per heavy atom. The summed E-state index contributed by atoms with van der Waals surface area (Å²) in [5.41, 5.74) is 0.125. The van der Waals surface area contributed by atoms with E-state index in [-0.39, 0.29) is 31.4 Å². The van der Waals surface area contributed by atoms with E-state index < -0.39 is 11.9 Å². The summed E-state index contributed by atoms with van der Waals surface area (Å²) >= 11 is 0. The molecule has 1 N–H and O–H groups in total. The number of hydrogen-bond donors (Lipinski definition) is 1. The van der Waals surface area contributed by atoms with E-state index in [1.807, 2.05) is 18.2 Å². The highest BCUT2D eigenvalue weighted by Gasteiger charge is 2.35. The van der Waals surface area contributed by atoms with E-state index in [1.165, 1.54) is 4.57 Å². The van der Waals surface area contributed by atoms with Crippen LogP contribution in [0.5, 0.6) is 5.75 Å². The van der Waals surface area contributed by atoms with Gasteiger partial charge in [0.2, 0.25) is 5.91 Å². The zero-order chi connectivity index (χ0) is 19.4. The number of nitrogens with one attached hydrogen (secondary N) is 1. The van der Waals surface area contributed by atoms with Gasteiger partial charge in [0.05, 0.1) is 6.54 Å². The summed E-state index contributed by atoms with van der Waals surface area (Å²) in [4.78, 5) is 15.8. The van der Waals surface area contributed by atoms with Crippen molar-refractivity contribution < 1.29 is 22.7 Å². The SMILES string of the molecule is Cc1cc2cc(C(F)(F)F)nc-2n(CC(=O)NCCOc2ccccc2)c1. The van der Waals surface area contributed by atoms with Gasteiger partial charge in [-0.05, 0) is 36.8 Å². The third-order valence-electron chi connectivity index (χ3n) is 3.83. The normalized spacial score (nSPS) is 11.6. The molecule has 0 atom stereocenters. The lowest BCUT2D eigenvalue weighted by atomic mass is 10.2. The van der Waals surface area contributed by atoms with E-state index in [9.17, 15) is 18.0 Å². The van der Waals surface area contributed by atoms with Crippen molar-refractivity contribution in [3.63, 3.8) is 0 Å². The van der Waals surface area contributed by atoms with Crippen LogP contribution in [0.15, 0.2) is 48.7 Å². The summed E-state index contributed by atoms with van der Waals surface area (Å²) in [7, 11) is 0. The largest absolute Gasteiger partial charge is 0.492 e. The molecule has 1 aromatic rings. The maximum absolute atomic E-state index is 12.9. The van der Waals surface area contributed by atoms with E-state index in [0.29, 0.717) is 11.3 Å². The van der Waals surface area contributed by atoms with Crippen LogP contribution < -0.4 is 10.1 Å². The Balaban J connectivity index is 1.62. The van der Waals surface area contributed by atoms with Gasteiger partial charge < -0.3 is 14.6 Å².